The summed E-state index contributed by atoms with van der Waals surface area (Å²) in [5, 5.41) is 17.5. The Kier molecular flexibility index (Phi) is 11.3. The van der Waals surface area contributed by atoms with Crippen molar-refractivity contribution in [3.05, 3.63) is 303 Å². The highest BCUT2D eigenvalue weighted by molar-refractivity contribution is 7.03. The third kappa shape index (κ3) is 7.73. The third-order valence-corrected chi connectivity index (χ3v) is 21.1. The summed E-state index contributed by atoms with van der Waals surface area (Å²) < 4.78 is 4.80. The molecule has 0 bridgehead atoms. The molecule has 0 atom stereocenters. The second-order valence-electron chi connectivity index (χ2n) is 22.4. The lowest BCUT2D eigenvalue weighted by atomic mass is 10.0. The summed E-state index contributed by atoms with van der Waals surface area (Å²) in [4.78, 5) is 5.03. The number of para-hydroxylation sites is 4. The molecule has 0 saturated carbocycles. The van der Waals surface area contributed by atoms with E-state index in [1.165, 1.54) is 97.1 Å². The normalized spacial score (nSPS) is 12.0. The van der Waals surface area contributed by atoms with E-state index >= 15 is 0 Å². The van der Waals surface area contributed by atoms with Crippen LogP contribution in [-0.2, 0) is 0 Å². The number of aromatic nitrogens is 2. The lowest BCUT2D eigenvalue weighted by molar-refractivity contribution is 1.18. The first kappa shape index (κ1) is 48.4. The Labute approximate surface area is 483 Å². The van der Waals surface area contributed by atoms with Crippen LogP contribution in [-0.4, -0.2) is 17.2 Å². The van der Waals surface area contributed by atoms with Gasteiger partial charge in [0.2, 0.25) is 0 Å². The molecule has 5 heteroatoms. The van der Waals surface area contributed by atoms with Crippen molar-refractivity contribution in [1.82, 2.24) is 9.13 Å². The van der Waals surface area contributed by atoms with Gasteiger partial charge >= 0.3 is 0 Å². The number of anilines is 6. The smallest absolute Gasteiger partial charge is 0.113 e. The molecule has 0 aliphatic rings. The summed E-state index contributed by atoms with van der Waals surface area (Å²) in [6, 6.07) is 112. The molecule has 0 aliphatic carbocycles. The summed E-state index contributed by atoms with van der Waals surface area (Å²) in [5.74, 6) is 0. The van der Waals surface area contributed by atoms with E-state index in [9.17, 15) is 0 Å². The van der Waals surface area contributed by atoms with Crippen molar-refractivity contribution in [2.24, 2.45) is 0 Å². The van der Waals surface area contributed by atoms with Crippen molar-refractivity contribution in [2.75, 3.05) is 9.80 Å². The molecule has 16 aromatic rings. The molecule has 0 unspecified atom stereocenters. The van der Waals surface area contributed by atoms with Crippen LogP contribution in [0.1, 0.15) is 0 Å². The fourth-order valence-corrected chi connectivity index (χ4v) is 16.8. The number of fused-ring (bicyclic) bond motifs is 10. The van der Waals surface area contributed by atoms with Crippen LogP contribution >= 0.6 is 0 Å². The fourth-order valence-electron chi connectivity index (χ4n) is 13.7. The summed E-state index contributed by atoms with van der Waals surface area (Å²) in [6.07, 6.45) is 0. The molecule has 83 heavy (non-hydrogen) atoms. The molecule has 2 aromatic heterocycles. The monoisotopic (exact) mass is 1080 g/mol. The van der Waals surface area contributed by atoms with Crippen LogP contribution < -0.4 is 20.2 Å². The number of hydrogen-bond donors (Lipinski definition) is 0. The van der Waals surface area contributed by atoms with Gasteiger partial charge in [0.25, 0.3) is 0 Å². The third-order valence-electron chi connectivity index (χ3n) is 17.5. The second kappa shape index (κ2) is 19.4. The highest BCUT2D eigenvalue weighted by Crippen LogP contribution is 2.47. The lowest BCUT2D eigenvalue weighted by Gasteiger charge is -2.31. The standard InChI is InChI=1S/C78H56N4Si/c1-83(2,77-45-21-35-61-65(77)37-19-43-73(61)81(69-41-17-25-53-23-9-11-31-59(53)69)57-47-49-75-67(51-57)63-33-13-15-39-71(63)79(75)55-27-5-3-6-28-55)78-46-22-36-62-66(78)38-20-44-74(62)82(70-42-18-26-54-24-10-12-32-60(54)70)58-48-50-76-68(52-58)64-34-14-16-40-72(64)80(76)56-29-7-4-8-30-56/h3-52H,1-2H3. The highest BCUT2D eigenvalue weighted by atomic mass is 28.3. The molecule has 2 heterocycles. The van der Waals surface area contributed by atoms with Gasteiger partial charge in [-0.15, -0.1) is 0 Å². The molecular weight excluding hydrogens is 1020 g/mol. The largest absolute Gasteiger partial charge is 0.309 e. The van der Waals surface area contributed by atoms with Gasteiger partial charge in [0.15, 0.2) is 0 Å². The van der Waals surface area contributed by atoms with E-state index in [1.54, 1.807) is 0 Å². The minimum Gasteiger partial charge on any atom is -0.309 e. The molecule has 16 rings (SSSR count). The van der Waals surface area contributed by atoms with E-state index in [-0.39, 0.29) is 0 Å². The molecule has 392 valence electrons. The zero-order chi connectivity index (χ0) is 55.2. The van der Waals surface area contributed by atoms with Crippen LogP contribution in [0.25, 0.3) is 98.1 Å². The molecule has 0 fully saturated rings. The predicted molar refractivity (Wildman–Crippen MR) is 358 cm³/mol. The van der Waals surface area contributed by atoms with E-state index in [0.29, 0.717) is 0 Å². The van der Waals surface area contributed by atoms with Crippen molar-refractivity contribution in [2.45, 2.75) is 13.1 Å². The molecule has 0 N–H and O–H groups in total. The second-order valence-corrected chi connectivity index (χ2v) is 26.8. The van der Waals surface area contributed by atoms with E-state index in [2.05, 4.69) is 335 Å². The molecule has 0 spiro atoms. The lowest BCUT2D eigenvalue weighted by Crippen LogP contribution is -2.53. The Balaban J connectivity index is 0.874. The van der Waals surface area contributed by atoms with Gasteiger partial charge in [-0.3, -0.25) is 0 Å². The van der Waals surface area contributed by atoms with Crippen molar-refractivity contribution in [3.8, 4) is 11.4 Å². The molecule has 0 saturated heterocycles. The average Bonchev–Trinajstić information content (AvgIpc) is 3.27. The van der Waals surface area contributed by atoms with Crippen LogP contribution in [0.4, 0.5) is 34.1 Å². The van der Waals surface area contributed by atoms with E-state index < -0.39 is 8.07 Å². The maximum atomic E-state index is 2.55. The fraction of sp³-hybridized carbons (Fsp3) is 0.0256. The van der Waals surface area contributed by atoms with Crippen LogP contribution in [0.2, 0.25) is 13.1 Å². The Morgan fingerprint density at radius 3 is 1.00 bits per heavy atom. The molecule has 0 radical (unpaired) electrons. The van der Waals surface area contributed by atoms with Crippen LogP contribution in [0.3, 0.4) is 0 Å². The van der Waals surface area contributed by atoms with Crippen LogP contribution in [0.5, 0.6) is 0 Å². The minimum absolute atomic E-state index is 1.11. The number of benzene rings is 14. The van der Waals surface area contributed by atoms with Crippen molar-refractivity contribution in [1.29, 1.82) is 0 Å². The van der Waals surface area contributed by atoms with Crippen molar-refractivity contribution >= 4 is 139 Å². The van der Waals surface area contributed by atoms with Crippen LogP contribution in [0.15, 0.2) is 303 Å². The maximum absolute atomic E-state index is 2.55. The Morgan fingerprint density at radius 2 is 0.554 bits per heavy atom. The van der Waals surface area contributed by atoms with Gasteiger partial charge in [-0.1, -0.05) is 219 Å². The first-order valence-electron chi connectivity index (χ1n) is 28.8. The van der Waals surface area contributed by atoms with E-state index in [1.807, 2.05) is 0 Å². The van der Waals surface area contributed by atoms with Gasteiger partial charge in [0, 0.05) is 65.8 Å². The number of hydrogen-bond acceptors (Lipinski definition) is 2. The van der Waals surface area contributed by atoms with Crippen molar-refractivity contribution < 1.29 is 0 Å². The summed E-state index contributed by atoms with van der Waals surface area (Å²) in [6.45, 7) is 5.10. The molecule has 0 amide bonds. The summed E-state index contributed by atoms with van der Waals surface area (Å²) in [7, 11) is -2.54. The van der Waals surface area contributed by atoms with Gasteiger partial charge < -0.3 is 18.9 Å². The quantitative estimate of drug-likeness (QED) is 0.127. The Hall–Kier alpha value is -10.5. The summed E-state index contributed by atoms with van der Waals surface area (Å²) >= 11 is 0. The zero-order valence-corrected chi connectivity index (χ0v) is 47.2. The van der Waals surface area contributed by atoms with Gasteiger partial charge in [0.05, 0.1) is 44.8 Å². The topological polar surface area (TPSA) is 16.3 Å². The first-order valence-corrected chi connectivity index (χ1v) is 31.8. The molecule has 0 aliphatic heterocycles. The van der Waals surface area contributed by atoms with E-state index in [4.69, 9.17) is 0 Å². The SMILES string of the molecule is C[Si](C)(c1cccc2c(N(c3ccc4c(c3)c3ccccc3n4-c3ccccc3)c3cccc4ccccc34)cccc12)c1cccc2c(N(c3ccc4c(c3)c3ccccc3n4-c3ccccc3)c3cccc4ccccc34)cccc12. The molecule has 14 aromatic carbocycles. The van der Waals surface area contributed by atoms with Gasteiger partial charge in [0.1, 0.15) is 8.07 Å². The van der Waals surface area contributed by atoms with Crippen LogP contribution in [0, 0.1) is 0 Å². The zero-order valence-electron chi connectivity index (χ0n) is 46.2. The molecule has 4 nitrogen and oxygen atoms in total. The predicted octanol–water partition coefficient (Wildman–Crippen LogP) is 20.3. The minimum atomic E-state index is -2.54. The maximum Gasteiger partial charge on any atom is 0.113 e. The average molecular weight is 1080 g/mol. The van der Waals surface area contributed by atoms with Crippen molar-refractivity contribution in [3.63, 3.8) is 0 Å². The molecular formula is C78H56N4Si. The van der Waals surface area contributed by atoms with E-state index in [0.717, 1.165) is 45.5 Å². The van der Waals surface area contributed by atoms with Gasteiger partial charge in [-0.05, 0) is 129 Å². The number of rotatable bonds is 10. The first-order chi connectivity index (χ1) is 41.0. The summed E-state index contributed by atoms with van der Waals surface area (Å²) in [5.41, 5.74) is 13.8. The van der Waals surface area contributed by atoms with Gasteiger partial charge in [-0.2, -0.15) is 0 Å². The highest BCUT2D eigenvalue weighted by Gasteiger charge is 2.32. The Morgan fingerprint density at radius 1 is 0.241 bits per heavy atom. The Bertz CT molecular complexity index is 4870. The number of nitrogens with zero attached hydrogens (tertiary/aromatic N) is 4. The van der Waals surface area contributed by atoms with Gasteiger partial charge in [-0.25, -0.2) is 0 Å².